The van der Waals surface area contributed by atoms with Gasteiger partial charge in [-0.25, -0.2) is 0 Å². The average molecular weight is 375 g/mol. The third-order valence-electron chi connectivity index (χ3n) is 5.68. The van der Waals surface area contributed by atoms with Gasteiger partial charge < -0.3 is 5.11 Å². The lowest BCUT2D eigenvalue weighted by molar-refractivity contribution is 0.473. The number of hydrogen-bond acceptors (Lipinski definition) is 1. The zero-order valence-corrected chi connectivity index (χ0v) is 18.4. The second-order valence-electron chi connectivity index (χ2n) is 8.46. The SMILES string of the molecule is CCCCCCCCCCc1cc(O)cc(CCCCCCCCCC)c1. The molecule has 1 nitrogen and oxygen atoms in total. The molecule has 0 radical (unpaired) electrons. The number of phenolic OH excluding ortho intramolecular Hbond substituents is 1. The second kappa shape index (κ2) is 17.1. The number of phenols is 1. The van der Waals surface area contributed by atoms with E-state index in [2.05, 4.69) is 19.9 Å². The van der Waals surface area contributed by atoms with Gasteiger partial charge in [-0.3, -0.25) is 0 Å². The summed E-state index contributed by atoms with van der Waals surface area (Å²) in [6, 6.07) is 6.28. The fraction of sp³-hybridized carbons (Fsp3) is 0.769. The summed E-state index contributed by atoms with van der Waals surface area (Å²) in [7, 11) is 0. The number of rotatable bonds is 18. The van der Waals surface area contributed by atoms with Crippen LogP contribution in [0.2, 0.25) is 0 Å². The Morgan fingerprint density at radius 2 is 0.815 bits per heavy atom. The van der Waals surface area contributed by atoms with E-state index < -0.39 is 0 Å². The molecule has 0 bridgehead atoms. The molecule has 0 amide bonds. The Balaban J connectivity index is 2.14. The molecular weight excluding hydrogens is 328 g/mol. The van der Waals surface area contributed by atoms with Crippen molar-refractivity contribution in [3.05, 3.63) is 29.3 Å². The van der Waals surface area contributed by atoms with Gasteiger partial charge in [-0.1, -0.05) is 110 Å². The van der Waals surface area contributed by atoms with Crippen LogP contribution in [0.15, 0.2) is 18.2 Å². The van der Waals surface area contributed by atoms with Crippen molar-refractivity contribution in [2.75, 3.05) is 0 Å². The molecule has 0 aliphatic carbocycles. The van der Waals surface area contributed by atoms with Crippen molar-refractivity contribution in [3.8, 4) is 5.75 Å². The van der Waals surface area contributed by atoms with Crippen molar-refractivity contribution >= 4 is 0 Å². The minimum atomic E-state index is 0.460. The predicted octanol–water partition coefficient (Wildman–Crippen LogP) is 8.76. The number of aryl methyl sites for hydroxylation is 2. The van der Waals surface area contributed by atoms with E-state index in [1.54, 1.807) is 0 Å². The van der Waals surface area contributed by atoms with Crippen LogP contribution in [0.5, 0.6) is 5.75 Å². The number of hydrogen-bond donors (Lipinski definition) is 1. The first-order valence-corrected chi connectivity index (χ1v) is 12.1. The van der Waals surface area contributed by atoms with Gasteiger partial charge in [0, 0.05) is 0 Å². The number of unbranched alkanes of at least 4 members (excludes halogenated alkanes) is 14. The van der Waals surface area contributed by atoms with Crippen molar-refractivity contribution in [1.82, 2.24) is 0 Å². The van der Waals surface area contributed by atoms with Gasteiger partial charge in [0.1, 0.15) is 5.75 Å². The minimum absolute atomic E-state index is 0.460. The Morgan fingerprint density at radius 1 is 0.481 bits per heavy atom. The smallest absolute Gasteiger partial charge is 0.116 e. The van der Waals surface area contributed by atoms with Gasteiger partial charge in [0.05, 0.1) is 0 Å². The van der Waals surface area contributed by atoms with E-state index in [0.717, 1.165) is 12.8 Å². The van der Waals surface area contributed by atoms with Crippen LogP contribution >= 0.6 is 0 Å². The zero-order valence-electron chi connectivity index (χ0n) is 18.4. The lowest BCUT2D eigenvalue weighted by Gasteiger charge is -2.08. The van der Waals surface area contributed by atoms with Crippen LogP contribution < -0.4 is 0 Å². The van der Waals surface area contributed by atoms with Crippen LogP contribution in [0.25, 0.3) is 0 Å². The summed E-state index contributed by atoms with van der Waals surface area (Å²) < 4.78 is 0. The third-order valence-corrected chi connectivity index (χ3v) is 5.68. The fourth-order valence-corrected chi connectivity index (χ4v) is 3.96. The quantitative estimate of drug-likeness (QED) is 0.255. The standard InChI is InChI=1S/C26H46O/c1-3-5-7-9-11-13-15-17-19-24-21-25(23-26(27)22-24)20-18-16-14-12-10-8-6-4-2/h21-23,27H,3-20H2,1-2H3. The third kappa shape index (κ3) is 13.8. The zero-order chi connectivity index (χ0) is 19.6. The molecule has 27 heavy (non-hydrogen) atoms. The van der Waals surface area contributed by atoms with Crippen LogP contribution in [0.1, 0.15) is 128 Å². The molecule has 0 aliphatic rings. The van der Waals surface area contributed by atoms with Crippen molar-refractivity contribution in [2.45, 2.75) is 129 Å². The predicted molar refractivity (Wildman–Crippen MR) is 121 cm³/mol. The van der Waals surface area contributed by atoms with Crippen molar-refractivity contribution in [2.24, 2.45) is 0 Å². The van der Waals surface area contributed by atoms with Gasteiger partial charge in [-0.2, -0.15) is 0 Å². The Hall–Kier alpha value is -0.980. The molecule has 1 N–H and O–H groups in total. The molecule has 1 rings (SSSR count). The molecule has 0 unspecified atom stereocenters. The van der Waals surface area contributed by atoms with Crippen LogP contribution in [-0.2, 0) is 12.8 Å². The number of benzene rings is 1. The highest BCUT2D eigenvalue weighted by molar-refractivity contribution is 5.33. The van der Waals surface area contributed by atoms with Crippen molar-refractivity contribution in [3.63, 3.8) is 0 Å². The molecule has 0 atom stereocenters. The highest BCUT2D eigenvalue weighted by atomic mass is 16.3. The molecule has 1 aromatic carbocycles. The largest absolute Gasteiger partial charge is 0.508 e. The Bertz CT molecular complexity index is 413. The molecule has 0 aromatic heterocycles. The van der Waals surface area contributed by atoms with Crippen LogP contribution in [0, 0.1) is 0 Å². The summed E-state index contributed by atoms with van der Waals surface area (Å²) in [6.07, 6.45) is 24.0. The van der Waals surface area contributed by atoms with Gasteiger partial charge in [0.25, 0.3) is 0 Å². The van der Waals surface area contributed by atoms with E-state index in [-0.39, 0.29) is 0 Å². The summed E-state index contributed by atoms with van der Waals surface area (Å²) >= 11 is 0. The maximum Gasteiger partial charge on any atom is 0.116 e. The summed E-state index contributed by atoms with van der Waals surface area (Å²) in [5.74, 6) is 0.460. The molecule has 0 aliphatic heterocycles. The highest BCUT2D eigenvalue weighted by Gasteiger charge is 2.02. The van der Waals surface area contributed by atoms with E-state index >= 15 is 0 Å². The van der Waals surface area contributed by atoms with Crippen LogP contribution in [0.4, 0.5) is 0 Å². The highest BCUT2D eigenvalue weighted by Crippen LogP contribution is 2.20. The summed E-state index contributed by atoms with van der Waals surface area (Å²) in [6.45, 7) is 4.55. The lowest BCUT2D eigenvalue weighted by atomic mass is 9.99. The maximum atomic E-state index is 10.0. The fourth-order valence-electron chi connectivity index (χ4n) is 3.96. The average Bonchev–Trinajstić information content (AvgIpc) is 2.65. The molecule has 0 spiro atoms. The van der Waals surface area contributed by atoms with Gasteiger partial charge in [-0.05, 0) is 48.9 Å². The van der Waals surface area contributed by atoms with E-state index in [9.17, 15) is 5.11 Å². The Morgan fingerprint density at radius 3 is 1.19 bits per heavy atom. The second-order valence-corrected chi connectivity index (χ2v) is 8.46. The van der Waals surface area contributed by atoms with E-state index in [1.807, 2.05) is 12.1 Å². The maximum absolute atomic E-state index is 10.0. The van der Waals surface area contributed by atoms with E-state index in [0.29, 0.717) is 5.75 Å². The molecule has 156 valence electrons. The van der Waals surface area contributed by atoms with Crippen LogP contribution in [-0.4, -0.2) is 5.11 Å². The molecule has 0 heterocycles. The van der Waals surface area contributed by atoms with E-state index in [4.69, 9.17) is 0 Å². The minimum Gasteiger partial charge on any atom is -0.508 e. The molecule has 1 heteroatoms. The van der Waals surface area contributed by atoms with Crippen molar-refractivity contribution < 1.29 is 5.11 Å². The first kappa shape index (κ1) is 24.1. The van der Waals surface area contributed by atoms with Gasteiger partial charge >= 0.3 is 0 Å². The number of aromatic hydroxyl groups is 1. The molecule has 0 fully saturated rings. The summed E-state index contributed by atoms with van der Waals surface area (Å²) in [5.41, 5.74) is 2.66. The van der Waals surface area contributed by atoms with E-state index in [1.165, 1.54) is 114 Å². The normalized spacial score (nSPS) is 11.2. The molecule has 0 saturated heterocycles. The summed E-state index contributed by atoms with van der Waals surface area (Å²) in [5, 5.41) is 10.0. The Kier molecular flexibility index (Phi) is 15.3. The first-order valence-electron chi connectivity index (χ1n) is 12.1. The van der Waals surface area contributed by atoms with Gasteiger partial charge in [-0.15, -0.1) is 0 Å². The molecular formula is C26H46O. The molecule has 0 saturated carbocycles. The molecule has 1 aromatic rings. The van der Waals surface area contributed by atoms with Crippen molar-refractivity contribution in [1.29, 1.82) is 0 Å². The van der Waals surface area contributed by atoms with Gasteiger partial charge in [0.2, 0.25) is 0 Å². The summed E-state index contributed by atoms with van der Waals surface area (Å²) in [4.78, 5) is 0. The van der Waals surface area contributed by atoms with Gasteiger partial charge in [0.15, 0.2) is 0 Å². The van der Waals surface area contributed by atoms with Crippen LogP contribution in [0.3, 0.4) is 0 Å². The topological polar surface area (TPSA) is 20.2 Å². The lowest BCUT2D eigenvalue weighted by Crippen LogP contribution is -1.92. The Labute approximate surface area is 170 Å². The first-order chi connectivity index (χ1) is 13.3. The monoisotopic (exact) mass is 374 g/mol.